The SMILES string of the molecule is C#CC(Cc1c(C)n(C2=CC[C@H](F)C=C2)c2ccccc12)NC1C=CC=CC1. The predicted molar refractivity (Wildman–Crippen MR) is 116 cm³/mol. The van der Waals surface area contributed by atoms with Gasteiger partial charge in [0.2, 0.25) is 0 Å². The molecule has 0 spiro atoms. The first-order valence-corrected chi connectivity index (χ1v) is 9.84. The molecule has 28 heavy (non-hydrogen) atoms. The second kappa shape index (κ2) is 8.04. The maximum absolute atomic E-state index is 13.6. The highest BCUT2D eigenvalue weighted by atomic mass is 19.1. The molecule has 2 aliphatic carbocycles. The van der Waals surface area contributed by atoms with E-state index in [0.29, 0.717) is 6.42 Å². The summed E-state index contributed by atoms with van der Waals surface area (Å²) in [6.45, 7) is 2.13. The van der Waals surface area contributed by atoms with E-state index in [1.54, 1.807) is 6.08 Å². The quantitative estimate of drug-likeness (QED) is 0.722. The zero-order chi connectivity index (χ0) is 19.5. The minimum atomic E-state index is -0.891. The second-order valence-electron chi connectivity index (χ2n) is 7.40. The van der Waals surface area contributed by atoms with Crippen molar-refractivity contribution in [3.8, 4) is 12.3 Å². The Bertz CT molecular complexity index is 1030. The number of aromatic nitrogens is 1. The van der Waals surface area contributed by atoms with E-state index in [0.717, 1.165) is 29.7 Å². The lowest BCUT2D eigenvalue weighted by atomic mass is 10.0. The van der Waals surface area contributed by atoms with Crippen molar-refractivity contribution in [3.63, 3.8) is 0 Å². The van der Waals surface area contributed by atoms with Crippen LogP contribution in [0, 0.1) is 19.3 Å². The third kappa shape index (κ3) is 3.61. The van der Waals surface area contributed by atoms with Crippen LogP contribution in [0.25, 0.3) is 16.6 Å². The van der Waals surface area contributed by atoms with Gasteiger partial charge in [0, 0.05) is 35.7 Å². The molecule has 2 unspecified atom stereocenters. The minimum Gasteiger partial charge on any atom is -0.314 e. The molecule has 3 heteroatoms. The van der Waals surface area contributed by atoms with Crippen LogP contribution in [0.3, 0.4) is 0 Å². The second-order valence-corrected chi connectivity index (χ2v) is 7.40. The monoisotopic (exact) mass is 372 g/mol. The molecule has 142 valence electrons. The van der Waals surface area contributed by atoms with Crippen LogP contribution in [0.5, 0.6) is 0 Å². The maximum Gasteiger partial charge on any atom is 0.122 e. The van der Waals surface area contributed by atoms with Crippen molar-refractivity contribution in [2.75, 3.05) is 0 Å². The van der Waals surface area contributed by atoms with Gasteiger partial charge in [-0.05, 0) is 37.1 Å². The Morgan fingerprint density at radius 1 is 1.25 bits per heavy atom. The Kier molecular flexibility index (Phi) is 5.32. The lowest BCUT2D eigenvalue weighted by Gasteiger charge is -2.21. The number of fused-ring (bicyclic) bond motifs is 1. The normalized spacial score (nSPS) is 22.2. The fourth-order valence-electron chi connectivity index (χ4n) is 4.11. The summed E-state index contributed by atoms with van der Waals surface area (Å²) in [6, 6.07) is 8.59. The van der Waals surface area contributed by atoms with Gasteiger partial charge in [-0.3, -0.25) is 5.32 Å². The Balaban J connectivity index is 1.68. The topological polar surface area (TPSA) is 17.0 Å². The fraction of sp³-hybridized carbons (Fsp3) is 0.280. The van der Waals surface area contributed by atoms with E-state index >= 15 is 0 Å². The van der Waals surface area contributed by atoms with Gasteiger partial charge in [0.25, 0.3) is 0 Å². The van der Waals surface area contributed by atoms with Gasteiger partial charge in [-0.15, -0.1) is 6.42 Å². The van der Waals surface area contributed by atoms with Crippen molar-refractivity contribution in [3.05, 3.63) is 78.1 Å². The first-order valence-electron chi connectivity index (χ1n) is 9.84. The molecule has 1 heterocycles. The smallest absolute Gasteiger partial charge is 0.122 e. The van der Waals surface area contributed by atoms with E-state index in [1.165, 1.54) is 10.9 Å². The summed E-state index contributed by atoms with van der Waals surface area (Å²) in [7, 11) is 0. The Morgan fingerprint density at radius 2 is 2.11 bits per heavy atom. The summed E-state index contributed by atoms with van der Waals surface area (Å²) in [5.74, 6) is 2.93. The third-order valence-electron chi connectivity index (χ3n) is 5.53. The minimum absolute atomic E-state index is 0.0507. The molecule has 0 saturated heterocycles. The summed E-state index contributed by atoms with van der Waals surface area (Å²) >= 11 is 0. The number of terminal acetylenes is 1. The van der Waals surface area contributed by atoms with Gasteiger partial charge in [0.1, 0.15) is 6.17 Å². The van der Waals surface area contributed by atoms with E-state index in [-0.39, 0.29) is 12.1 Å². The standard InChI is InChI=1S/C25H25FN2/c1-3-20(27-21-9-5-4-6-10-21)17-24-18(2)28(22-15-13-19(26)14-16-22)25-12-8-7-11-23(24)25/h1,4-9,11-13,15-16,19-21,27H,10,14,17H2,2H3/t19-,20?,21?/m1/s1. The highest BCUT2D eigenvalue weighted by molar-refractivity contribution is 5.90. The van der Waals surface area contributed by atoms with Gasteiger partial charge in [-0.25, -0.2) is 4.39 Å². The highest BCUT2D eigenvalue weighted by Gasteiger charge is 2.20. The van der Waals surface area contributed by atoms with Crippen molar-refractivity contribution >= 4 is 16.6 Å². The molecule has 0 fully saturated rings. The lowest BCUT2D eigenvalue weighted by Crippen LogP contribution is -2.38. The van der Waals surface area contributed by atoms with Gasteiger partial charge in [0.05, 0.1) is 11.6 Å². The Morgan fingerprint density at radius 3 is 2.82 bits per heavy atom. The number of nitrogens with zero attached hydrogens (tertiary/aromatic N) is 1. The highest BCUT2D eigenvalue weighted by Crippen LogP contribution is 2.32. The molecule has 4 rings (SSSR count). The first-order chi connectivity index (χ1) is 13.7. The van der Waals surface area contributed by atoms with Crippen molar-refractivity contribution < 1.29 is 4.39 Å². The molecule has 0 saturated carbocycles. The molecule has 0 amide bonds. The van der Waals surface area contributed by atoms with Gasteiger partial charge >= 0.3 is 0 Å². The van der Waals surface area contributed by atoms with E-state index in [2.05, 4.69) is 65.2 Å². The van der Waals surface area contributed by atoms with Crippen LogP contribution in [0.15, 0.2) is 66.8 Å². The van der Waals surface area contributed by atoms with Gasteiger partial charge in [-0.1, -0.05) is 54.5 Å². The Hall–Kier alpha value is -2.83. The van der Waals surface area contributed by atoms with Gasteiger partial charge in [0.15, 0.2) is 0 Å². The van der Waals surface area contributed by atoms with Gasteiger partial charge in [-0.2, -0.15) is 0 Å². The first kappa shape index (κ1) is 18.5. The average Bonchev–Trinajstić information content (AvgIpc) is 3.00. The number of para-hydroxylation sites is 1. The Labute approximate surface area is 166 Å². The fourth-order valence-corrected chi connectivity index (χ4v) is 4.11. The van der Waals surface area contributed by atoms with Crippen LogP contribution in [-0.2, 0) is 6.42 Å². The molecule has 2 nitrogen and oxygen atoms in total. The van der Waals surface area contributed by atoms with Crippen molar-refractivity contribution in [1.82, 2.24) is 9.88 Å². The van der Waals surface area contributed by atoms with E-state index in [9.17, 15) is 4.39 Å². The lowest BCUT2D eigenvalue weighted by molar-refractivity contribution is 0.402. The summed E-state index contributed by atoms with van der Waals surface area (Å²) in [5.41, 5.74) is 4.58. The summed E-state index contributed by atoms with van der Waals surface area (Å²) in [6.07, 6.45) is 21.0. The van der Waals surface area contributed by atoms with E-state index < -0.39 is 6.17 Å². The third-order valence-corrected chi connectivity index (χ3v) is 5.53. The molecule has 1 aromatic carbocycles. The molecule has 1 N–H and O–H groups in total. The molecule has 0 aliphatic heterocycles. The van der Waals surface area contributed by atoms with Crippen LogP contribution in [0.4, 0.5) is 4.39 Å². The van der Waals surface area contributed by atoms with Crippen LogP contribution >= 0.6 is 0 Å². The molecular weight excluding hydrogens is 347 g/mol. The van der Waals surface area contributed by atoms with Crippen molar-refractivity contribution in [2.24, 2.45) is 0 Å². The summed E-state index contributed by atoms with van der Waals surface area (Å²) in [5, 5.41) is 4.79. The van der Waals surface area contributed by atoms with Crippen LogP contribution in [-0.4, -0.2) is 22.8 Å². The van der Waals surface area contributed by atoms with E-state index in [4.69, 9.17) is 6.42 Å². The largest absolute Gasteiger partial charge is 0.314 e. The van der Waals surface area contributed by atoms with Crippen LogP contribution in [0.1, 0.15) is 24.1 Å². The average molecular weight is 372 g/mol. The maximum atomic E-state index is 13.6. The zero-order valence-corrected chi connectivity index (χ0v) is 16.1. The number of allylic oxidation sites excluding steroid dienone is 6. The number of nitrogens with one attached hydrogen (secondary N) is 1. The number of hydrogen-bond donors (Lipinski definition) is 1. The molecule has 2 aromatic rings. The molecular formula is C25H25FN2. The zero-order valence-electron chi connectivity index (χ0n) is 16.1. The number of benzene rings is 1. The van der Waals surface area contributed by atoms with E-state index in [1.807, 2.05) is 18.2 Å². The predicted octanol–water partition coefficient (Wildman–Crippen LogP) is 5.11. The molecule has 0 radical (unpaired) electrons. The molecule has 2 aliphatic rings. The summed E-state index contributed by atoms with van der Waals surface area (Å²) < 4.78 is 15.8. The van der Waals surface area contributed by atoms with Gasteiger partial charge < -0.3 is 4.57 Å². The summed E-state index contributed by atoms with van der Waals surface area (Å²) in [4.78, 5) is 0. The molecule has 3 atom stereocenters. The molecule has 0 bridgehead atoms. The molecule has 1 aromatic heterocycles. The number of halogens is 1. The number of hydrogen-bond acceptors (Lipinski definition) is 1. The number of rotatable bonds is 5. The number of alkyl halides is 1. The van der Waals surface area contributed by atoms with Crippen molar-refractivity contribution in [1.29, 1.82) is 0 Å². The van der Waals surface area contributed by atoms with Crippen molar-refractivity contribution in [2.45, 2.75) is 44.4 Å². The van der Waals surface area contributed by atoms with Crippen LogP contribution in [0.2, 0.25) is 0 Å². The van der Waals surface area contributed by atoms with Crippen LogP contribution < -0.4 is 5.32 Å².